The van der Waals surface area contributed by atoms with E-state index in [1.807, 2.05) is 6.07 Å². The van der Waals surface area contributed by atoms with E-state index in [0.717, 1.165) is 19.3 Å². The van der Waals surface area contributed by atoms with Crippen LogP contribution >= 0.6 is 0 Å². The van der Waals surface area contributed by atoms with Gasteiger partial charge in [0.25, 0.3) is 0 Å². The van der Waals surface area contributed by atoms with Crippen molar-refractivity contribution in [2.75, 3.05) is 6.61 Å². The van der Waals surface area contributed by atoms with Gasteiger partial charge in [-0.25, -0.2) is 0 Å². The number of allylic oxidation sites excluding steroid dienone is 2. The van der Waals surface area contributed by atoms with Gasteiger partial charge in [0.1, 0.15) is 0 Å². The number of phenols is 1. The van der Waals surface area contributed by atoms with E-state index in [2.05, 4.69) is 19.1 Å². The van der Waals surface area contributed by atoms with Crippen LogP contribution in [0.1, 0.15) is 39.0 Å². The summed E-state index contributed by atoms with van der Waals surface area (Å²) in [5, 5.41) is 9.48. The summed E-state index contributed by atoms with van der Waals surface area (Å²) in [5.41, 5.74) is 0. The number of unbranched alkanes of at least 4 members (excludes halogenated alkanes) is 3. The molecule has 0 aromatic heterocycles. The maximum Gasteiger partial charge on any atom is 0.160 e. The molecule has 0 unspecified atom stereocenters. The number of hydrogen-bond acceptors (Lipinski definition) is 2. The number of hydrogen-bond donors (Lipinski definition) is 1. The van der Waals surface area contributed by atoms with Crippen LogP contribution in [0.2, 0.25) is 0 Å². The molecule has 0 amide bonds. The van der Waals surface area contributed by atoms with E-state index in [4.69, 9.17) is 4.74 Å². The van der Waals surface area contributed by atoms with Gasteiger partial charge in [-0.15, -0.1) is 0 Å². The first-order valence-electron chi connectivity index (χ1n) is 6.40. The fraction of sp³-hybridized carbons (Fsp3) is 0.467. The van der Waals surface area contributed by atoms with E-state index >= 15 is 0 Å². The Morgan fingerprint density at radius 3 is 2.71 bits per heavy atom. The molecule has 0 saturated heterocycles. The fourth-order valence-corrected chi connectivity index (χ4v) is 1.59. The molecule has 0 heterocycles. The maximum atomic E-state index is 9.48. The van der Waals surface area contributed by atoms with Crippen molar-refractivity contribution in [3.63, 3.8) is 0 Å². The quantitative estimate of drug-likeness (QED) is 0.537. The smallest absolute Gasteiger partial charge is 0.160 e. The van der Waals surface area contributed by atoms with Gasteiger partial charge in [0, 0.05) is 0 Å². The minimum absolute atomic E-state index is 0.221. The molecule has 2 heteroatoms. The predicted octanol–water partition coefficient (Wildman–Crippen LogP) is 4.30. The van der Waals surface area contributed by atoms with Crippen molar-refractivity contribution < 1.29 is 9.84 Å². The average molecular weight is 234 g/mol. The zero-order valence-electron chi connectivity index (χ0n) is 10.6. The second-order valence-electron chi connectivity index (χ2n) is 4.05. The molecular weight excluding hydrogens is 212 g/mol. The fourth-order valence-electron chi connectivity index (χ4n) is 1.59. The zero-order chi connectivity index (χ0) is 12.3. The third kappa shape index (κ3) is 6.00. The minimum atomic E-state index is 0.221. The SMILES string of the molecule is CCC=CCCCCCOc1ccccc1O. The molecular formula is C15H22O2. The highest BCUT2D eigenvalue weighted by atomic mass is 16.5. The van der Waals surface area contributed by atoms with Crippen LogP contribution in [0.25, 0.3) is 0 Å². The lowest BCUT2D eigenvalue weighted by Crippen LogP contribution is -1.97. The molecule has 17 heavy (non-hydrogen) atoms. The summed E-state index contributed by atoms with van der Waals surface area (Å²) in [7, 11) is 0. The molecule has 0 aliphatic rings. The van der Waals surface area contributed by atoms with E-state index in [9.17, 15) is 5.11 Å². The van der Waals surface area contributed by atoms with Crippen LogP contribution in [0.15, 0.2) is 36.4 Å². The first-order valence-corrected chi connectivity index (χ1v) is 6.40. The molecule has 0 aliphatic carbocycles. The van der Waals surface area contributed by atoms with Crippen LogP contribution in [-0.4, -0.2) is 11.7 Å². The number of para-hydroxylation sites is 2. The van der Waals surface area contributed by atoms with Gasteiger partial charge in [-0.2, -0.15) is 0 Å². The molecule has 0 atom stereocenters. The normalized spacial score (nSPS) is 10.9. The number of phenolic OH excluding ortho intramolecular Hbond substituents is 1. The van der Waals surface area contributed by atoms with Crippen molar-refractivity contribution in [1.82, 2.24) is 0 Å². The van der Waals surface area contributed by atoms with Gasteiger partial charge in [-0.05, 0) is 44.2 Å². The Balaban J connectivity index is 2.05. The molecule has 1 aromatic rings. The van der Waals surface area contributed by atoms with Crippen LogP contribution < -0.4 is 4.74 Å². The Bertz CT molecular complexity index is 331. The van der Waals surface area contributed by atoms with Gasteiger partial charge in [-0.1, -0.05) is 31.2 Å². The summed E-state index contributed by atoms with van der Waals surface area (Å²) < 4.78 is 5.50. The zero-order valence-corrected chi connectivity index (χ0v) is 10.6. The van der Waals surface area contributed by atoms with Crippen molar-refractivity contribution in [3.05, 3.63) is 36.4 Å². The number of benzene rings is 1. The first kappa shape index (κ1) is 13.6. The van der Waals surface area contributed by atoms with Crippen LogP contribution in [0.5, 0.6) is 11.5 Å². The molecule has 1 rings (SSSR count). The summed E-state index contributed by atoms with van der Waals surface area (Å²) in [6.07, 6.45) is 10.1. The monoisotopic (exact) mass is 234 g/mol. The number of aromatic hydroxyl groups is 1. The van der Waals surface area contributed by atoms with Gasteiger partial charge in [0.15, 0.2) is 11.5 Å². The lowest BCUT2D eigenvalue weighted by atomic mass is 10.2. The van der Waals surface area contributed by atoms with E-state index < -0.39 is 0 Å². The molecule has 94 valence electrons. The van der Waals surface area contributed by atoms with E-state index in [-0.39, 0.29) is 5.75 Å². The van der Waals surface area contributed by atoms with E-state index in [0.29, 0.717) is 12.4 Å². The molecule has 1 N–H and O–H groups in total. The standard InChI is InChI=1S/C15H22O2/c1-2-3-4-5-6-7-10-13-17-15-12-9-8-11-14(15)16/h3-4,8-9,11-12,16H,2,5-7,10,13H2,1H3. The highest BCUT2D eigenvalue weighted by Gasteiger charge is 1.98. The van der Waals surface area contributed by atoms with Crippen LogP contribution in [0.3, 0.4) is 0 Å². The summed E-state index contributed by atoms with van der Waals surface area (Å²) in [4.78, 5) is 0. The molecule has 0 fully saturated rings. The Morgan fingerprint density at radius 2 is 1.94 bits per heavy atom. The first-order chi connectivity index (χ1) is 8.34. The van der Waals surface area contributed by atoms with Gasteiger partial charge >= 0.3 is 0 Å². The van der Waals surface area contributed by atoms with Crippen molar-refractivity contribution in [3.8, 4) is 11.5 Å². The second-order valence-corrected chi connectivity index (χ2v) is 4.05. The van der Waals surface area contributed by atoms with Crippen molar-refractivity contribution in [1.29, 1.82) is 0 Å². The molecule has 0 spiro atoms. The number of ether oxygens (including phenoxy) is 1. The summed E-state index contributed by atoms with van der Waals surface area (Å²) in [6.45, 7) is 2.83. The molecule has 0 radical (unpaired) electrons. The average Bonchev–Trinajstić information content (AvgIpc) is 2.35. The molecule has 2 nitrogen and oxygen atoms in total. The molecule has 0 bridgehead atoms. The molecule has 1 aromatic carbocycles. The van der Waals surface area contributed by atoms with Gasteiger partial charge in [0.05, 0.1) is 6.61 Å². The van der Waals surface area contributed by atoms with Gasteiger partial charge in [0.2, 0.25) is 0 Å². The summed E-state index contributed by atoms with van der Waals surface area (Å²) >= 11 is 0. The van der Waals surface area contributed by atoms with E-state index in [1.165, 1.54) is 12.8 Å². The molecule has 0 saturated carbocycles. The summed E-state index contributed by atoms with van der Waals surface area (Å²) in [6, 6.07) is 7.09. The second kappa shape index (κ2) is 8.68. The summed E-state index contributed by atoms with van der Waals surface area (Å²) in [5.74, 6) is 0.803. The predicted molar refractivity (Wildman–Crippen MR) is 71.5 cm³/mol. The Hall–Kier alpha value is -1.44. The van der Waals surface area contributed by atoms with Gasteiger partial charge < -0.3 is 9.84 Å². The van der Waals surface area contributed by atoms with Crippen molar-refractivity contribution >= 4 is 0 Å². The topological polar surface area (TPSA) is 29.5 Å². The lowest BCUT2D eigenvalue weighted by molar-refractivity contribution is 0.289. The van der Waals surface area contributed by atoms with Crippen molar-refractivity contribution in [2.24, 2.45) is 0 Å². The Labute approximate surface area is 104 Å². The third-order valence-electron chi connectivity index (χ3n) is 2.54. The number of rotatable bonds is 8. The largest absolute Gasteiger partial charge is 0.504 e. The highest BCUT2D eigenvalue weighted by Crippen LogP contribution is 2.24. The van der Waals surface area contributed by atoms with Crippen molar-refractivity contribution in [2.45, 2.75) is 39.0 Å². The van der Waals surface area contributed by atoms with Crippen LogP contribution in [-0.2, 0) is 0 Å². The third-order valence-corrected chi connectivity index (χ3v) is 2.54. The maximum absolute atomic E-state index is 9.48. The van der Waals surface area contributed by atoms with E-state index in [1.54, 1.807) is 18.2 Å². The molecule has 0 aliphatic heterocycles. The Morgan fingerprint density at radius 1 is 1.12 bits per heavy atom. The van der Waals surface area contributed by atoms with Crippen LogP contribution in [0.4, 0.5) is 0 Å². The van der Waals surface area contributed by atoms with Gasteiger partial charge in [-0.3, -0.25) is 0 Å². The van der Waals surface area contributed by atoms with Crippen LogP contribution in [0, 0.1) is 0 Å². The Kier molecular flexibility index (Phi) is 6.96. The highest BCUT2D eigenvalue weighted by molar-refractivity contribution is 5.37. The lowest BCUT2D eigenvalue weighted by Gasteiger charge is -2.06. The minimum Gasteiger partial charge on any atom is -0.504 e.